The summed E-state index contributed by atoms with van der Waals surface area (Å²) in [6, 6.07) is 21.8. The zero-order valence-corrected chi connectivity index (χ0v) is 25.7. The standard InChI is InChI=1S/C32H40O6P2/c1-5-6-9-16-26-23-30(37-39(33,35-3)28-18-10-7-11-19-28)32(27-17-14-15-25(2)22-27)31(24-26)38-40(34,36-4)29-20-12-8-13-21-29/h7-8,10-13,18-24,27H,5-6,9,14-17H2,1-4H3. The predicted molar refractivity (Wildman–Crippen MR) is 163 cm³/mol. The number of benzene rings is 3. The van der Waals surface area contributed by atoms with Gasteiger partial charge in [0, 0.05) is 25.7 Å². The predicted octanol–water partition coefficient (Wildman–Crippen LogP) is 8.72. The SMILES string of the molecule is CCCCCc1cc(OP(=O)(OC)c2ccccc2)c(C2C=C(C)CCC2)c(OP(=O)(OC)c2ccccc2)c1. The summed E-state index contributed by atoms with van der Waals surface area (Å²) in [5, 5.41) is 0.925. The molecule has 8 heteroatoms. The number of rotatable bonds is 13. The number of unbranched alkanes of at least 4 members (excludes halogenated alkanes) is 2. The summed E-state index contributed by atoms with van der Waals surface area (Å²) in [5.41, 5.74) is 2.92. The summed E-state index contributed by atoms with van der Waals surface area (Å²) in [5.74, 6) is 0.764. The molecular formula is C32H40O6P2. The summed E-state index contributed by atoms with van der Waals surface area (Å²) >= 11 is 0. The molecular weight excluding hydrogens is 542 g/mol. The Bertz CT molecular complexity index is 1300. The highest BCUT2D eigenvalue weighted by Gasteiger charge is 2.35. The molecule has 0 bridgehead atoms. The lowest BCUT2D eigenvalue weighted by Crippen LogP contribution is -2.15. The second kappa shape index (κ2) is 13.8. The Morgan fingerprint density at radius 2 is 1.32 bits per heavy atom. The van der Waals surface area contributed by atoms with Crippen LogP contribution in [0, 0.1) is 0 Å². The van der Waals surface area contributed by atoms with Gasteiger partial charge in [-0.2, -0.15) is 0 Å². The summed E-state index contributed by atoms with van der Waals surface area (Å²) in [6.07, 6.45) is 8.95. The molecule has 0 saturated heterocycles. The van der Waals surface area contributed by atoms with Crippen LogP contribution in [-0.4, -0.2) is 14.2 Å². The molecule has 0 aliphatic heterocycles. The molecule has 0 radical (unpaired) electrons. The summed E-state index contributed by atoms with van der Waals surface area (Å²) in [6.45, 7) is 4.27. The molecule has 3 unspecified atom stereocenters. The van der Waals surface area contributed by atoms with E-state index in [1.54, 1.807) is 24.3 Å². The average Bonchev–Trinajstić information content (AvgIpc) is 2.98. The van der Waals surface area contributed by atoms with E-state index < -0.39 is 15.2 Å². The lowest BCUT2D eigenvalue weighted by molar-refractivity contribution is 0.326. The summed E-state index contributed by atoms with van der Waals surface area (Å²) in [4.78, 5) is 0. The van der Waals surface area contributed by atoms with Crippen molar-refractivity contribution in [3.63, 3.8) is 0 Å². The Labute approximate surface area is 238 Å². The van der Waals surface area contributed by atoms with Gasteiger partial charge in [-0.05, 0) is 81.0 Å². The molecule has 6 nitrogen and oxygen atoms in total. The Kier molecular flexibility index (Phi) is 10.5. The number of hydrogen-bond acceptors (Lipinski definition) is 6. The van der Waals surface area contributed by atoms with Gasteiger partial charge in [0.2, 0.25) is 0 Å². The third-order valence-corrected chi connectivity index (χ3v) is 10.9. The second-order valence-electron chi connectivity index (χ2n) is 10.2. The largest absolute Gasteiger partial charge is 0.421 e. The van der Waals surface area contributed by atoms with E-state index in [0.29, 0.717) is 27.7 Å². The maximum absolute atomic E-state index is 14.1. The monoisotopic (exact) mass is 582 g/mol. The van der Waals surface area contributed by atoms with Crippen LogP contribution >= 0.6 is 15.2 Å². The number of aryl methyl sites for hydroxylation is 1. The normalized spacial score (nSPS) is 18.3. The molecule has 0 aromatic heterocycles. The Hall–Kier alpha value is -2.62. The minimum atomic E-state index is -3.73. The van der Waals surface area contributed by atoms with Crippen LogP contribution in [0.1, 0.15) is 69.4 Å². The van der Waals surface area contributed by atoms with Gasteiger partial charge in [0.1, 0.15) is 11.5 Å². The first kappa shape index (κ1) is 30.3. The van der Waals surface area contributed by atoms with Crippen molar-refractivity contribution in [3.8, 4) is 11.5 Å². The molecule has 3 aromatic rings. The van der Waals surface area contributed by atoms with Crippen LogP contribution in [0.4, 0.5) is 0 Å². The number of allylic oxidation sites excluding steroid dienone is 2. The molecule has 40 heavy (non-hydrogen) atoms. The van der Waals surface area contributed by atoms with Crippen molar-refractivity contribution >= 4 is 25.8 Å². The van der Waals surface area contributed by atoms with Gasteiger partial charge in [-0.3, -0.25) is 9.05 Å². The molecule has 3 aromatic carbocycles. The van der Waals surface area contributed by atoms with E-state index in [1.807, 2.05) is 48.5 Å². The Morgan fingerprint density at radius 1 is 0.800 bits per heavy atom. The van der Waals surface area contributed by atoms with E-state index in [4.69, 9.17) is 18.1 Å². The second-order valence-corrected chi connectivity index (χ2v) is 14.3. The van der Waals surface area contributed by atoms with Gasteiger partial charge in [0.25, 0.3) is 0 Å². The average molecular weight is 583 g/mol. The third kappa shape index (κ3) is 7.17. The van der Waals surface area contributed by atoms with E-state index in [1.165, 1.54) is 19.8 Å². The van der Waals surface area contributed by atoms with Crippen LogP contribution in [0.15, 0.2) is 84.4 Å². The van der Waals surface area contributed by atoms with Crippen molar-refractivity contribution in [2.45, 2.75) is 64.7 Å². The molecule has 0 N–H and O–H groups in total. The van der Waals surface area contributed by atoms with Crippen molar-refractivity contribution in [2.75, 3.05) is 14.2 Å². The topological polar surface area (TPSA) is 71.1 Å². The lowest BCUT2D eigenvalue weighted by Gasteiger charge is -2.28. The smallest absolute Gasteiger partial charge is 0.410 e. The minimum Gasteiger partial charge on any atom is -0.421 e. The first-order chi connectivity index (χ1) is 19.3. The Balaban J connectivity index is 1.90. The van der Waals surface area contributed by atoms with E-state index in [-0.39, 0.29) is 5.92 Å². The quantitative estimate of drug-likeness (QED) is 0.114. The zero-order chi connectivity index (χ0) is 28.6. The maximum Gasteiger partial charge on any atom is 0.410 e. The van der Waals surface area contributed by atoms with Crippen LogP contribution in [-0.2, 0) is 24.6 Å². The van der Waals surface area contributed by atoms with Crippen molar-refractivity contribution in [2.24, 2.45) is 0 Å². The molecule has 1 aliphatic carbocycles. The molecule has 0 saturated carbocycles. The van der Waals surface area contributed by atoms with Crippen molar-refractivity contribution < 1.29 is 27.2 Å². The molecule has 0 fully saturated rings. The van der Waals surface area contributed by atoms with Gasteiger partial charge in [-0.15, -0.1) is 0 Å². The van der Waals surface area contributed by atoms with Crippen molar-refractivity contribution in [1.82, 2.24) is 0 Å². The number of hydrogen-bond donors (Lipinski definition) is 0. The molecule has 0 heterocycles. The highest BCUT2D eigenvalue weighted by molar-refractivity contribution is 7.62. The van der Waals surface area contributed by atoms with Crippen LogP contribution in [0.25, 0.3) is 0 Å². The van der Waals surface area contributed by atoms with E-state index >= 15 is 0 Å². The maximum atomic E-state index is 14.1. The molecule has 0 spiro atoms. The molecule has 1 aliphatic rings. The van der Waals surface area contributed by atoms with E-state index in [2.05, 4.69) is 19.9 Å². The Morgan fingerprint density at radius 3 is 1.77 bits per heavy atom. The highest BCUT2D eigenvalue weighted by Crippen LogP contribution is 2.55. The minimum absolute atomic E-state index is 0.0781. The van der Waals surface area contributed by atoms with Gasteiger partial charge in [-0.25, -0.2) is 9.13 Å². The van der Waals surface area contributed by atoms with Crippen molar-refractivity contribution in [3.05, 3.63) is 95.6 Å². The third-order valence-electron chi connectivity index (χ3n) is 7.24. The summed E-state index contributed by atoms with van der Waals surface area (Å²) < 4.78 is 52.1. The summed E-state index contributed by atoms with van der Waals surface area (Å²) in [7, 11) is -4.67. The fraction of sp³-hybridized carbons (Fsp3) is 0.375. The zero-order valence-electron chi connectivity index (χ0n) is 23.9. The van der Waals surface area contributed by atoms with Crippen LogP contribution in [0.5, 0.6) is 11.5 Å². The van der Waals surface area contributed by atoms with Crippen molar-refractivity contribution in [1.29, 1.82) is 0 Å². The van der Waals surface area contributed by atoms with Crippen LogP contribution in [0.2, 0.25) is 0 Å². The molecule has 0 amide bonds. The highest BCUT2D eigenvalue weighted by atomic mass is 31.2. The van der Waals surface area contributed by atoms with Gasteiger partial charge in [0.15, 0.2) is 0 Å². The van der Waals surface area contributed by atoms with Crippen LogP contribution in [0.3, 0.4) is 0 Å². The van der Waals surface area contributed by atoms with Gasteiger partial charge in [0.05, 0.1) is 10.6 Å². The fourth-order valence-electron chi connectivity index (χ4n) is 5.10. The first-order valence-corrected chi connectivity index (χ1v) is 17.1. The van der Waals surface area contributed by atoms with E-state index in [9.17, 15) is 9.13 Å². The van der Waals surface area contributed by atoms with Gasteiger partial charge >= 0.3 is 15.2 Å². The van der Waals surface area contributed by atoms with E-state index in [0.717, 1.165) is 50.5 Å². The van der Waals surface area contributed by atoms with Gasteiger partial charge in [-0.1, -0.05) is 67.8 Å². The molecule has 3 atom stereocenters. The molecule has 4 rings (SSSR count). The van der Waals surface area contributed by atoms with Gasteiger partial charge < -0.3 is 9.05 Å². The molecule has 214 valence electrons. The fourth-order valence-corrected chi connectivity index (χ4v) is 7.78. The lowest BCUT2D eigenvalue weighted by atomic mass is 9.84. The van der Waals surface area contributed by atoms with Crippen LogP contribution < -0.4 is 19.7 Å². The first-order valence-electron chi connectivity index (χ1n) is 14.0.